The molecule has 0 aliphatic heterocycles. The monoisotopic (exact) mass is 424 g/mol. The zero-order chi connectivity index (χ0) is 16.1. The second-order valence-electron chi connectivity index (χ2n) is 4.36. The number of phenols is 1. The number of phenolic OH excluding ortho intramolecular Hbond substituents is 1. The van der Waals surface area contributed by atoms with Crippen LogP contribution in [0, 0.1) is 0 Å². The molecule has 0 spiro atoms. The minimum atomic E-state index is -2.15. The average molecular weight is 427 g/mol. The first-order valence-electron chi connectivity index (χ1n) is 5.53. The molecular weight excluding hydrogens is 420 g/mol. The first-order chi connectivity index (χ1) is 9.48. The molecule has 0 fully saturated rings. The summed E-state index contributed by atoms with van der Waals surface area (Å²) < 4.78 is -6.27. The van der Waals surface area contributed by atoms with E-state index in [1.165, 1.54) is 6.07 Å². The Morgan fingerprint density at radius 3 is 1.95 bits per heavy atom. The van der Waals surface area contributed by atoms with Crippen molar-refractivity contribution < 1.29 is 5.11 Å². The molecule has 0 saturated heterocycles. The predicted molar refractivity (Wildman–Crippen MR) is 93.7 cm³/mol. The molecule has 2 aromatic carbocycles. The molecule has 21 heavy (non-hydrogen) atoms. The Balaban J connectivity index is 2.65. The fourth-order valence-electron chi connectivity index (χ4n) is 1.83. The molecule has 1 N–H and O–H groups in total. The average Bonchev–Trinajstić information content (AvgIpc) is 2.37. The van der Waals surface area contributed by atoms with Crippen LogP contribution in [0.4, 0.5) is 0 Å². The Labute approximate surface area is 156 Å². The van der Waals surface area contributed by atoms with Gasteiger partial charge in [-0.1, -0.05) is 105 Å². The maximum Gasteiger partial charge on any atom is 0.226 e. The zero-order valence-electron chi connectivity index (χ0n) is 10.1. The Kier molecular flexibility index (Phi) is 5.00. The van der Waals surface area contributed by atoms with Gasteiger partial charge in [0.15, 0.2) is 4.33 Å². The normalized spacial score (nSPS) is 13.7. The fourth-order valence-corrected chi connectivity index (χ4v) is 3.27. The van der Waals surface area contributed by atoms with Gasteiger partial charge in [0.25, 0.3) is 0 Å². The summed E-state index contributed by atoms with van der Waals surface area (Å²) in [6.45, 7) is 0. The van der Waals surface area contributed by atoms with Crippen molar-refractivity contribution in [1.29, 1.82) is 0 Å². The number of halogens is 7. The van der Waals surface area contributed by atoms with Gasteiger partial charge in [0.2, 0.25) is 8.13 Å². The summed E-state index contributed by atoms with van der Waals surface area (Å²) in [5.74, 6) is -0.0396. The highest BCUT2D eigenvalue weighted by molar-refractivity contribution is 6.78. The predicted octanol–water partition coefficient (Wildman–Crippen LogP) is 6.72. The van der Waals surface area contributed by atoms with Crippen LogP contribution < -0.4 is 0 Å². The Hall–Kier alpha value is 0.530. The standard InChI is InChI=1S/C13H7Cl7O/c14-11(15,12(16,17)13(18,19)20)8-5-7-3-1-2-4-9(7)10(21)6-8/h1-6,21H. The summed E-state index contributed by atoms with van der Waals surface area (Å²) >= 11 is 41.9. The number of aromatic hydroxyl groups is 1. The van der Waals surface area contributed by atoms with E-state index in [0.29, 0.717) is 10.8 Å². The molecule has 0 bridgehead atoms. The van der Waals surface area contributed by atoms with E-state index >= 15 is 0 Å². The third-order valence-electron chi connectivity index (χ3n) is 2.95. The largest absolute Gasteiger partial charge is 0.507 e. The van der Waals surface area contributed by atoms with Crippen LogP contribution in [0.1, 0.15) is 5.56 Å². The molecule has 0 amide bonds. The molecule has 0 atom stereocenters. The third kappa shape index (κ3) is 3.12. The lowest BCUT2D eigenvalue weighted by atomic mass is 10.0. The van der Waals surface area contributed by atoms with Gasteiger partial charge in [0.1, 0.15) is 5.75 Å². The first-order valence-corrected chi connectivity index (χ1v) is 8.17. The number of fused-ring (bicyclic) bond motifs is 1. The van der Waals surface area contributed by atoms with E-state index < -0.39 is 12.5 Å². The van der Waals surface area contributed by atoms with Crippen LogP contribution in [-0.4, -0.2) is 13.2 Å². The molecule has 2 aromatic rings. The van der Waals surface area contributed by atoms with Gasteiger partial charge < -0.3 is 5.11 Å². The second-order valence-corrected chi connectivity index (χ2v) is 9.30. The van der Waals surface area contributed by atoms with E-state index in [1.54, 1.807) is 30.3 Å². The molecule has 0 saturated carbocycles. The van der Waals surface area contributed by atoms with Crippen molar-refractivity contribution in [3.05, 3.63) is 42.0 Å². The summed E-state index contributed by atoms with van der Waals surface area (Å²) in [7, 11) is 0. The molecule has 1 nitrogen and oxygen atoms in total. The van der Waals surface area contributed by atoms with E-state index in [9.17, 15) is 5.11 Å². The third-order valence-corrected chi connectivity index (χ3v) is 6.91. The van der Waals surface area contributed by atoms with Crippen molar-refractivity contribution >= 4 is 92.0 Å². The number of rotatable bonds is 2. The highest BCUT2D eigenvalue weighted by atomic mass is 35.6. The number of hydrogen-bond donors (Lipinski definition) is 1. The van der Waals surface area contributed by atoms with Crippen molar-refractivity contribution in [3.8, 4) is 5.75 Å². The number of benzene rings is 2. The van der Waals surface area contributed by atoms with E-state index in [4.69, 9.17) is 81.2 Å². The summed E-state index contributed by atoms with van der Waals surface area (Å²) in [5, 5.41) is 11.4. The number of alkyl halides is 7. The molecule has 8 heteroatoms. The quantitative estimate of drug-likeness (QED) is 0.528. The fraction of sp³-hybridized carbons (Fsp3) is 0.231. The van der Waals surface area contributed by atoms with Gasteiger partial charge in [0, 0.05) is 5.39 Å². The topological polar surface area (TPSA) is 20.2 Å². The van der Waals surface area contributed by atoms with Crippen LogP contribution in [0.25, 0.3) is 10.8 Å². The maximum absolute atomic E-state index is 10.1. The van der Waals surface area contributed by atoms with Gasteiger partial charge in [-0.3, -0.25) is 0 Å². The minimum Gasteiger partial charge on any atom is -0.507 e. The van der Waals surface area contributed by atoms with Crippen molar-refractivity contribution in [3.63, 3.8) is 0 Å². The lowest BCUT2D eigenvalue weighted by Gasteiger charge is -2.38. The van der Waals surface area contributed by atoms with Crippen LogP contribution in [0.3, 0.4) is 0 Å². The molecular formula is C13H7Cl7O. The van der Waals surface area contributed by atoms with Crippen molar-refractivity contribution in [2.45, 2.75) is 12.5 Å². The van der Waals surface area contributed by atoms with Crippen LogP contribution in [0.5, 0.6) is 5.75 Å². The van der Waals surface area contributed by atoms with Gasteiger partial charge in [0.05, 0.1) is 0 Å². The summed E-state index contributed by atoms with van der Waals surface area (Å²) in [6.07, 6.45) is 0. The first kappa shape index (κ1) is 17.9. The zero-order valence-corrected chi connectivity index (χ0v) is 15.3. The van der Waals surface area contributed by atoms with Crippen LogP contribution in [0.2, 0.25) is 0 Å². The molecule has 0 heterocycles. The molecule has 0 radical (unpaired) electrons. The number of hydrogen-bond acceptors (Lipinski definition) is 1. The molecule has 2 rings (SSSR count). The van der Waals surface area contributed by atoms with Gasteiger partial charge in [-0.15, -0.1) is 0 Å². The second kappa shape index (κ2) is 5.87. The van der Waals surface area contributed by atoms with Crippen LogP contribution in [0.15, 0.2) is 36.4 Å². The summed E-state index contributed by atoms with van der Waals surface area (Å²) in [4.78, 5) is 0. The van der Waals surface area contributed by atoms with Gasteiger partial charge in [-0.05, 0) is 23.1 Å². The van der Waals surface area contributed by atoms with E-state index in [0.717, 1.165) is 0 Å². The van der Waals surface area contributed by atoms with Gasteiger partial charge >= 0.3 is 0 Å². The highest BCUT2D eigenvalue weighted by Gasteiger charge is 2.60. The minimum absolute atomic E-state index is 0.0396. The highest BCUT2D eigenvalue weighted by Crippen LogP contribution is 2.61. The summed E-state index contributed by atoms with van der Waals surface area (Å²) in [5.41, 5.74) is 0.207. The lowest BCUT2D eigenvalue weighted by molar-refractivity contribution is 0.480. The Bertz CT molecular complexity index is 676. The molecule has 0 aliphatic rings. The smallest absolute Gasteiger partial charge is 0.226 e. The van der Waals surface area contributed by atoms with E-state index in [2.05, 4.69) is 0 Å². The SMILES string of the molecule is Oc1cc(C(Cl)(Cl)C(Cl)(Cl)C(Cl)(Cl)Cl)cc2ccccc12. The van der Waals surface area contributed by atoms with E-state index in [-0.39, 0.29) is 11.3 Å². The maximum atomic E-state index is 10.1. The molecule has 0 aliphatic carbocycles. The van der Waals surface area contributed by atoms with Gasteiger partial charge in [-0.2, -0.15) is 0 Å². The van der Waals surface area contributed by atoms with Crippen molar-refractivity contribution in [1.82, 2.24) is 0 Å². The Morgan fingerprint density at radius 2 is 1.38 bits per heavy atom. The van der Waals surface area contributed by atoms with Gasteiger partial charge in [-0.25, -0.2) is 0 Å². The van der Waals surface area contributed by atoms with Crippen molar-refractivity contribution in [2.75, 3.05) is 0 Å². The Morgan fingerprint density at radius 1 is 0.810 bits per heavy atom. The summed E-state index contributed by atoms with van der Waals surface area (Å²) in [6, 6.07) is 10.0. The molecule has 0 aromatic heterocycles. The van der Waals surface area contributed by atoms with Crippen LogP contribution in [-0.2, 0) is 4.33 Å². The lowest BCUT2D eigenvalue weighted by Crippen LogP contribution is -2.45. The molecule has 0 unspecified atom stereocenters. The molecule has 114 valence electrons. The van der Waals surface area contributed by atoms with Crippen LogP contribution >= 0.6 is 81.2 Å². The van der Waals surface area contributed by atoms with Crippen molar-refractivity contribution in [2.24, 2.45) is 0 Å². The van der Waals surface area contributed by atoms with E-state index in [1.807, 2.05) is 0 Å².